The Labute approximate surface area is 144 Å². The predicted octanol–water partition coefficient (Wildman–Crippen LogP) is 3.00. The fourth-order valence-corrected chi connectivity index (χ4v) is 3.37. The zero-order valence-corrected chi connectivity index (χ0v) is 14.1. The topological polar surface area (TPSA) is 29.1 Å². The minimum Gasteiger partial charge on any atom is -0.388 e. The van der Waals surface area contributed by atoms with Gasteiger partial charge in [0.2, 0.25) is 0 Å². The maximum Gasteiger partial charge on any atom is 0.119 e. The quantitative estimate of drug-likeness (QED) is 0.589. The first-order valence-corrected chi connectivity index (χ1v) is 8.93. The summed E-state index contributed by atoms with van der Waals surface area (Å²) >= 11 is 0. The number of allylic oxidation sites excluding steroid dienone is 5. The highest BCUT2D eigenvalue weighted by Gasteiger charge is 2.18. The highest BCUT2D eigenvalue weighted by atomic mass is 16.1. The summed E-state index contributed by atoms with van der Waals surface area (Å²) in [5.74, 6) is 0.310. The molecular weight excluding hydrogens is 294 g/mol. The SMILES string of the molecule is O=CCCCCCCNC1=CC=c2ccccc2=C2C=CC=CC12. The molecule has 0 heterocycles. The number of rotatable bonds is 8. The van der Waals surface area contributed by atoms with E-state index in [1.54, 1.807) is 0 Å². The summed E-state index contributed by atoms with van der Waals surface area (Å²) < 4.78 is 0. The number of nitrogens with one attached hydrogen (secondary N) is 1. The molecule has 0 amide bonds. The van der Waals surface area contributed by atoms with Crippen LogP contribution in [0.5, 0.6) is 0 Å². The van der Waals surface area contributed by atoms with E-state index in [1.807, 2.05) is 0 Å². The molecule has 2 nitrogen and oxygen atoms in total. The van der Waals surface area contributed by atoms with E-state index in [9.17, 15) is 4.79 Å². The number of unbranched alkanes of at least 4 members (excludes halogenated alkanes) is 4. The number of hydrogen-bond acceptors (Lipinski definition) is 2. The fraction of sp³-hybridized carbons (Fsp3) is 0.318. The molecule has 124 valence electrons. The van der Waals surface area contributed by atoms with Crippen molar-refractivity contribution in [2.45, 2.75) is 32.1 Å². The molecule has 2 heteroatoms. The monoisotopic (exact) mass is 319 g/mol. The van der Waals surface area contributed by atoms with E-state index >= 15 is 0 Å². The summed E-state index contributed by atoms with van der Waals surface area (Å²) in [6.45, 7) is 0.985. The van der Waals surface area contributed by atoms with Crippen molar-refractivity contribution >= 4 is 17.9 Å². The summed E-state index contributed by atoms with van der Waals surface area (Å²) in [5.41, 5.74) is 2.64. The van der Waals surface area contributed by atoms with Crippen LogP contribution in [0.2, 0.25) is 0 Å². The number of carbonyl (C=O) groups excluding carboxylic acids is 1. The average Bonchev–Trinajstić information content (AvgIpc) is 2.79. The van der Waals surface area contributed by atoms with E-state index in [0.29, 0.717) is 12.3 Å². The molecule has 0 radical (unpaired) electrons. The molecule has 2 aliphatic carbocycles. The first kappa shape index (κ1) is 16.5. The van der Waals surface area contributed by atoms with Gasteiger partial charge >= 0.3 is 0 Å². The van der Waals surface area contributed by atoms with Gasteiger partial charge in [-0.25, -0.2) is 0 Å². The molecule has 0 aliphatic heterocycles. The molecule has 1 unspecified atom stereocenters. The third-order valence-electron chi connectivity index (χ3n) is 4.65. The molecule has 2 aliphatic rings. The summed E-state index contributed by atoms with van der Waals surface area (Å²) in [7, 11) is 0. The molecule has 0 spiro atoms. The minimum absolute atomic E-state index is 0.310. The summed E-state index contributed by atoms with van der Waals surface area (Å²) in [4.78, 5) is 10.3. The van der Waals surface area contributed by atoms with Crippen molar-refractivity contribution in [2.75, 3.05) is 6.54 Å². The Hall–Kier alpha value is -2.35. The van der Waals surface area contributed by atoms with Crippen LogP contribution in [0.15, 0.2) is 60.3 Å². The van der Waals surface area contributed by atoms with Crippen molar-refractivity contribution in [1.29, 1.82) is 0 Å². The standard InChI is InChI=1S/C22H25NO/c24-17-9-3-1-2-8-16-23-22-15-14-18-10-4-5-11-19(18)20-12-6-7-13-21(20)22/h4-7,10-15,17,21,23H,1-3,8-9,16H2. The van der Waals surface area contributed by atoms with Gasteiger partial charge in [-0.15, -0.1) is 0 Å². The Kier molecular flexibility index (Phi) is 5.84. The smallest absolute Gasteiger partial charge is 0.119 e. The van der Waals surface area contributed by atoms with Crippen LogP contribution in [0.25, 0.3) is 11.6 Å². The van der Waals surface area contributed by atoms with E-state index in [1.165, 1.54) is 28.1 Å². The van der Waals surface area contributed by atoms with Crippen molar-refractivity contribution in [2.24, 2.45) is 5.92 Å². The van der Waals surface area contributed by atoms with Crippen molar-refractivity contribution in [3.63, 3.8) is 0 Å². The van der Waals surface area contributed by atoms with Gasteiger partial charge in [0.05, 0.1) is 0 Å². The van der Waals surface area contributed by atoms with Gasteiger partial charge in [0.15, 0.2) is 0 Å². The third kappa shape index (κ3) is 3.94. The lowest BCUT2D eigenvalue weighted by Gasteiger charge is -2.21. The van der Waals surface area contributed by atoms with E-state index in [0.717, 1.165) is 32.1 Å². The van der Waals surface area contributed by atoms with E-state index in [2.05, 4.69) is 66.0 Å². The molecule has 0 saturated heterocycles. The van der Waals surface area contributed by atoms with Crippen LogP contribution in [0.1, 0.15) is 32.1 Å². The van der Waals surface area contributed by atoms with E-state index in [4.69, 9.17) is 0 Å². The molecule has 1 aromatic rings. The zero-order valence-electron chi connectivity index (χ0n) is 14.1. The van der Waals surface area contributed by atoms with Crippen LogP contribution in [0.3, 0.4) is 0 Å². The van der Waals surface area contributed by atoms with Gasteiger partial charge in [-0.05, 0) is 34.9 Å². The zero-order chi connectivity index (χ0) is 16.6. The molecular formula is C22H25NO. The number of fused-ring (bicyclic) bond motifs is 2. The molecule has 24 heavy (non-hydrogen) atoms. The molecule has 0 aromatic heterocycles. The molecule has 1 aromatic carbocycles. The van der Waals surface area contributed by atoms with Gasteiger partial charge < -0.3 is 10.1 Å². The van der Waals surface area contributed by atoms with Crippen molar-refractivity contribution in [1.82, 2.24) is 5.32 Å². The maximum atomic E-state index is 10.3. The number of aldehydes is 1. The molecule has 1 atom stereocenters. The van der Waals surface area contributed by atoms with E-state index < -0.39 is 0 Å². The largest absolute Gasteiger partial charge is 0.388 e. The van der Waals surface area contributed by atoms with Crippen LogP contribution in [0.4, 0.5) is 0 Å². The Morgan fingerprint density at radius 2 is 1.88 bits per heavy atom. The lowest BCUT2D eigenvalue weighted by molar-refractivity contribution is -0.107. The van der Waals surface area contributed by atoms with Crippen LogP contribution >= 0.6 is 0 Å². The number of benzene rings is 1. The van der Waals surface area contributed by atoms with Gasteiger partial charge in [0.1, 0.15) is 6.29 Å². The van der Waals surface area contributed by atoms with Crippen LogP contribution in [-0.4, -0.2) is 12.8 Å². The van der Waals surface area contributed by atoms with Crippen molar-refractivity contribution in [3.8, 4) is 0 Å². The van der Waals surface area contributed by atoms with Crippen LogP contribution < -0.4 is 15.8 Å². The normalized spacial score (nSPS) is 18.1. The van der Waals surface area contributed by atoms with E-state index in [-0.39, 0.29) is 0 Å². The average molecular weight is 319 g/mol. The fourth-order valence-electron chi connectivity index (χ4n) is 3.37. The third-order valence-corrected chi connectivity index (χ3v) is 4.65. The second kappa shape index (κ2) is 8.49. The summed E-state index contributed by atoms with van der Waals surface area (Å²) in [6, 6.07) is 8.60. The molecule has 0 saturated carbocycles. The lowest BCUT2D eigenvalue weighted by atomic mass is 9.90. The molecule has 3 rings (SSSR count). The Morgan fingerprint density at radius 3 is 2.79 bits per heavy atom. The Balaban J connectivity index is 1.68. The van der Waals surface area contributed by atoms with Gasteiger partial charge in [-0.2, -0.15) is 0 Å². The highest BCUT2D eigenvalue weighted by Crippen LogP contribution is 2.25. The molecule has 1 N–H and O–H groups in total. The van der Waals surface area contributed by atoms with Gasteiger partial charge in [0, 0.05) is 24.6 Å². The Morgan fingerprint density at radius 1 is 1.00 bits per heavy atom. The summed E-state index contributed by atoms with van der Waals surface area (Å²) in [5, 5.41) is 6.25. The second-order valence-electron chi connectivity index (χ2n) is 6.35. The Bertz CT molecular complexity index is 782. The first-order chi connectivity index (χ1) is 11.9. The van der Waals surface area contributed by atoms with Gasteiger partial charge in [-0.1, -0.05) is 67.5 Å². The minimum atomic E-state index is 0.310. The van der Waals surface area contributed by atoms with Crippen LogP contribution in [0, 0.1) is 5.92 Å². The summed E-state index contributed by atoms with van der Waals surface area (Å²) in [6.07, 6.45) is 19.4. The molecule has 0 fully saturated rings. The van der Waals surface area contributed by atoms with Gasteiger partial charge in [-0.3, -0.25) is 0 Å². The van der Waals surface area contributed by atoms with Crippen LogP contribution in [-0.2, 0) is 4.79 Å². The number of hydrogen-bond donors (Lipinski definition) is 1. The lowest BCUT2D eigenvalue weighted by Crippen LogP contribution is -2.29. The van der Waals surface area contributed by atoms with Gasteiger partial charge in [0.25, 0.3) is 0 Å². The maximum absolute atomic E-state index is 10.3. The predicted molar refractivity (Wildman–Crippen MR) is 101 cm³/mol. The van der Waals surface area contributed by atoms with Crippen molar-refractivity contribution < 1.29 is 4.79 Å². The first-order valence-electron chi connectivity index (χ1n) is 8.93. The highest BCUT2D eigenvalue weighted by molar-refractivity contribution is 5.69. The van der Waals surface area contributed by atoms with Crippen molar-refractivity contribution in [3.05, 3.63) is 70.8 Å². The second-order valence-corrected chi connectivity index (χ2v) is 6.35. The number of carbonyl (C=O) groups is 1. The molecule has 0 bridgehead atoms.